The second-order valence-electron chi connectivity index (χ2n) is 10.3. The molecule has 1 unspecified atom stereocenters. The molecule has 28 heavy (non-hydrogen) atoms. The number of allylic oxidation sites excluding steroid dienone is 7. The van der Waals surface area contributed by atoms with Crippen molar-refractivity contribution in [2.45, 2.75) is 79.9 Å². The summed E-state index contributed by atoms with van der Waals surface area (Å²) in [4.78, 5) is 0. The second kappa shape index (κ2) is 9.82. The zero-order chi connectivity index (χ0) is 20.0. The van der Waals surface area contributed by atoms with Crippen LogP contribution in [0.2, 0.25) is 0 Å². The molecule has 0 aromatic heterocycles. The smallest absolute Gasteiger partial charge is 1.00 e. The second-order valence-corrected chi connectivity index (χ2v) is 12.8. The van der Waals surface area contributed by atoms with Crippen LogP contribution in [0, 0.1) is 16.2 Å². The first kappa shape index (κ1) is 28.6. The van der Waals surface area contributed by atoms with Crippen LogP contribution in [0.4, 0.5) is 0 Å². The summed E-state index contributed by atoms with van der Waals surface area (Å²) in [5.41, 5.74) is 5.13. The Hall–Kier alpha value is 0.604. The van der Waals surface area contributed by atoms with Gasteiger partial charge in [0.05, 0.1) is 0 Å². The molecule has 0 fully saturated rings. The van der Waals surface area contributed by atoms with Crippen LogP contribution in [0.25, 0.3) is 0 Å². The molecule has 0 heterocycles. The Morgan fingerprint density at radius 1 is 1.00 bits per heavy atom. The van der Waals surface area contributed by atoms with E-state index in [-0.39, 0.29) is 45.8 Å². The summed E-state index contributed by atoms with van der Waals surface area (Å²) in [5.74, 6) is 1.14. The minimum Gasteiger partial charge on any atom is -1.00 e. The van der Waals surface area contributed by atoms with E-state index in [0.29, 0.717) is 0 Å². The molecule has 0 saturated heterocycles. The first-order valence-electron chi connectivity index (χ1n) is 9.96. The van der Waals surface area contributed by atoms with Crippen LogP contribution < -0.4 is 24.8 Å². The number of halogens is 2. The van der Waals surface area contributed by atoms with Crippen LogP contribution in [-0.2, 0) is 20.4 Å². The van der Waals surface area contributed by atoms with Crippen molar-refractivity contribution in [1.82, 2.24) is 0 Å². The van der Waals surface area contributed by atoms with Gasteiger partial charge in [-0.05, 0) is 0 Å². The quantitative estimate of drug-likeness (QED) is 0.556. The van der Waals surface area contributed by atoms with E-state index in [1.165, 1.54) is 5.57 Å². The first-order chi connectivity index (χ1) is 11.8. The Labute approximate surface area is 202 Å². The summed E-state index contributed by atoms with van der Waals surface area (Å²) in [7, 11) is 0. The Kier molecular flexibility index (Phi) is 10.0. The molecule has 157 valence electrons. The minimum absolute atomic E-state index is 0. The minimum atomic E-state index is 0. The van der Waals surface area contributed by atoms with Crippen molar-refractivity contribution in [3.05, 3.63) is 44.9 Å². The van der Waals surface area contributed by atoms with Crippen LogP contribution >= 0.6 is 11.8 Å². The normalized spacial score (nSPS) is 23.1. The van der Waals surface area contributed by atoms with Crippen molar-refractivity contribution < 1.29 is 45.2 Å². The van der Waals surface area contributed by atoms with Crippen LogP contribution in [0.3, 0.4) is 0 Å². The Balaban J connectivity index is 0.00000364. The Morgan fingerprint density at radius 2 is 1.57 bits per heavy atom. The van der Waals surface area contributed by atoms with Crippen molar-refractivity contribution in [2.24, 2.45) is 16.2 Å². The van der Waals surface area contributed by atoms with Gasteiger partial charge in [0.2, 0.25) is 0 Å². The van der Waals surface area contributed by atoms with Crippen molar-refractivity contribution in [3.8, 4) is 0 Å². The molecule has 0 aromatic rings. The van der Waals surface area contributed by atoms with E-state index in [0.717, 1.165) is 18.6 Å². The van der Waals surface area contributed by atoms with Crippen molar-refractivity contribution >= 4 is 11.8 Å². The number of hydrogen-bond donors (Lipinski definition) is 0. The van der Waals surface area contributed by atoms with Crippen molar-refractivity contribution in [3.63, 3.8) is 0 Å². The van der Waals surface area contributed by atoms with Crippen LogP contribution in [0.15, 0.2) is 44.9 Å². The maximum Gasteiger partial charge on any atom is -1.00 e. The van der Waals surface area contributed by atoms with Gasteiger partial charge in [-0.3, -0.25) is 0 Å². The van der Waals surface area contributed by atoms with E-state index < -0.39 is 0 Å². The average Bonchev–Trinajstić information content (AvgIpc) is 2.92. The molecule has 4 heteroatoms. The summed E-state index contributed by atoms with van der Waals surface area (Å²) in [5, 5.41) is 0. The molecule has 0 nitrogen and oxygen atoms in total. The Morgan fingerprint density at radius 3 is 1.96 bits per heavy atom. The average molecular weight is 476 g/mol. The molecule has 2 aliphatic carbocycles. The monoisotopic (exact) mass is 475 g/mol. The van der Waals surface area contributed by atoms with E-state index in [1.807, 2.05) is 0 Å². The predicted molar refractivity (Wildman–Crippen MR) is 115 cm³/mol. The third-order valence-corrected chi connectivity index (χ3v) is 8.44. The summed E-state index contributed by atoms with van der Waals surface area (Å²) in [6.07, 6.45) is 12.1. The summed E-state index contributed by atoms with van der Waals surface area (Å²) < 4.78 is 1.66. The van der Waals surface area contributed by atoms with Crippen LogP contribution in [-0.4, -0.2) is 10.5 Å². The Bertz CT molecular complexity index is 684. The van der Waals surface area contributed by atoms with E-state index in [2.05, 4.69) is 119 Å². The summed E-state index contributed by atoms with van der Waals surface area (Å²) in [6.45, 7) is 21.5. The van der Waals surface area contributed by atoms with Crippen molar-refractivity contribution in [1.29, 1.82) is 0 Å². The largest absolute Gasteiger partial charge is 1.00 e. The number of rotatable bonds is 4. The molecule has 1 atom stereocenters. The third kappa shape index (κ3) is 5.26. The topological polar surface area (TPSA) is 0 Å². The molecule has 0 spiro atoms. The molecule has 0 amide bonds. The molecule has 0 saturated carbocycles. The van der Waals surface area contributed by atoms with Gasteiger partial charge >= 0.3 is 179 Å². The van der Waals surface area contributed by atoms with Gasteiger partial charge in [-0.1, -0.05) is 0 Å². The zero-order valence-electron chi connectivity index (χ0n) is 19.1. The number of thioether (sulfide) groups is 1. The fourth-order valence-electron chi connectivity index (χ4n) is 4.50. The van der Waals surface area contributed by atoms with Gasteiger partial charge in [-0.25, -0.2) is 0 Å². The van der Waals surface area contributed by atoms with Gasteiger partial charge in [0, 0.05) is 0 Å². The van der Waals surface area contributed by atoms with E-state index in [1.54, 1.807) is 15.0 Å². The first-order valence-corrected chi connectivity index (χ1v) is 11.7. The fourth-order valence-corrected chi connectivity index (χ4v) is 6.99. The molecule has 0 N–H and O–H groups in total. The van der Waals surface area contributed by atoms with Gasteiger partial charge in [0.15, 0.2) is 0 Å². The molecule has 0 bridgehead atoms. The van der Waals surface area contributed by atoms with Gasteiger partial charge in [-0.2, -0.15) is 0 Å². The van der Waals surface area contributed by atoms with E-state index in [9.17, 15) is 0 Å². The third-order valence-electron chi connectivity index (χ3n) is 6.02. The zero-order valence-corrected chi connectivity index (χ0v) is 23.0. The maximum absolute atomic E-state index is 2.56. The molecule has 0 aliphatic heterocycles. The molecule has 0 radical (unpaired) electrons. The van der Waals surface area contributed by atoms with E-state index >= 15 is 0 Å². The predicted octanol–water partition coefficient (Wildman–Crippen LogP) is 1.62. The molecular formula is C24H37Cl2STi. The van der Waals surface area contributed by atoms with Crippen molar-refractivity contribution in [2.75, 3.05) is 5.75 Å². The molecular weight excluding hydrogens is 439 g/mol. The van der Waals surface area contributed by atoms with Gasteiger partial charge in [0.1, 0.15) is 0 Å². The van der Waals surface area contributed by atoms with E-state index in [4.69, 9.17) is 0 Å². The molecule has 0 aromatic carbocycles. The van der Waals surface area contributed by atoms with Gasteiger partial charge < -0.3 is 24.8 Å². The van der Waals surface area contributed by atoms with Crippen LogP contribution in [0.5, 0.6) is 0 Å². The molecule has 2 rings (SSSR count). The number of hydrogen-bond acceptors (Lipinski definition) is 1. The SMILES string of the molecule is CCSC1(C(C)(C)C2=[C]([Ti+2])CC=C2)CC=C(C(C)(C)C)C=C1C(C)(C)C.[Cl-].[Cl-]. The van der Waals surface area contributed by atoms with Crippen LogP contribution in [0.1, 0.15) is 75.2 Å². The summed E-state index contributed by atoms with van der Waals surface area (Å²) >= 11 is 4.48. The maximum atomic E-state index is 2.56. The van der Waals surface area contributed by atoms with Gasteiger partial charge in [-0.15, -0.1) is 0 Å². The fraction of sp³-hybridized carbons (Fsp3) is 0.667. The van der Waals surface area contributed by atoms with Gasteiger partial charge in [0.25, 0.3) is 0 Å². The standard InChI is InChI=1S/C24H37S.2ClH.Ti/c1-10-25-24(23(8,9)18-13-11-12-14-18)16-15-19(21(2,3)4)17-20(24)22(5,6)7;;;/h11,13,15,17H,10,12,16H2,1-9H3;2*1H;/q;;;+2/p-2. The summed E-state index contributed by atoms with van der Waals surface area (Å²) in [6, 6.07) is 0. The molecule has 2 aliphatic rings.